The van der Waals surface area contributed by atoms with Crippen molar-refractivity contribution in [1.82, 2.24) is 9.78 Å². The summed E-state index contributed by atoms with van der Waals surface area (Å²) in [6.45, 7) is 0.380. The van der Waals surface area contributed by atoms with Gasteiger partial charge in [-0.3, -0.25) is 9.48 Å². The highest BCUT2D eigenvalue weighted by Crippen LogP contribution is 2.17. The van der Waals surface area contributed by atoms with Crippen LogP contribution in [0.5, 0.6) is 0 Å². The average Bonchev–Trinajstić information content (AvgIpc) is 3.14. The summed E-state index contributed by atoms with van der Waals surface area (Å²) in [6.07, 6.45) is 3.39. The van der Waals surface area contributed by atoms with Crippen molar-refractivity contribution in [3.8, 4) is 0 Å². The Morgan fingerprint density at radius 1 is 1.27 bits per heavy atom. The molecule has 0 unspecified atom stereocenters. The second-order valence-corrected chi connectivity index (χ2v) is 4.55. The topological polar surface area (TPSA) is 60.1 Å². The van der Waals surface area contributed by atoms with Gasteiger partial charge in [-0.15, -0.1) is 0 Å². The number of anilines is 1. The highest BCUT2D eigenvalue weighted by Gasteiger charge is 2.14. The Bertz CT molecular complexity index is 797. The Hall–Kier alpha value is -2.96. The van der Waals surface area contributed by atoms with Gasteiger partial charge in [0, 0.05) is 18.5 Å². The first-order valence-electron chi connectivity index (χ1n) is 6.44. The molecular weight excluding hydrogens is 292 g/mol. The number of nitrogens with one attached hydrogen (secondary N) is 1. The van der Waals surface area contributed by atoms with E-state index in [1.807, 2.05) is 0 Å². The third-order valence-corrected chi connectivity index (χ3v) is 2.94. The molecule has 7 heteroatoms. The summed E-state index contributed by atoms with van der Waals surface area (Å²) >= 11 is 0. The van der Waals surface area contributed by atoms with Gasteiger partial charge in [-0.1, -0.05) is 0 Å². The van der Waals surface area contributed by atoms with Crippen molar-refractivity contribution < 1.29 is 18.0 Å². The Labute approximate surface area is 124 Å². The second-order valence-electron chi connectivity index (χ2n) is 4.55. The molecule has 0 bridgehead atoms. The first-order chi connectivity index (χ1) is 10.6. The minimum Gasteiger partial charge on any atom is -0.454 e. The maximum atomic E-state index is 13.5. The van der Waals surface area contributed by atoms with Gasteiger partial charge in [-0.05, 0) is 30.3 Å². The van der Waals surface area contributed by atoms with Crippen LogP contribution in [-0.4, -0.2) is 15.7 Å². The predicted octanol–water partition coefficient (Wildman–Crippen LogP) is 3.05. The van der Waals surface area contributed by atoms with Crippen molar-refractivity contribution in [2.75, 3.05) is 5.32 Å². The molecule has 3 rings (SSSR count). The molecule has 1 aromatic carbocycles. The molecule has 0 fully saturated rings. The lowest BCUT2D eigenvalue weighted by atomic mass is 10.3. The van der Waals surface area contributed by atoms with Crippen LogP contribution in [0.2, 0.25) is 0 Å². The van der Waals surface area contributed by atoms with Gasteiger partial charge in [-0.25, -0.2) is 8.78 Å². The third kappa shape index (κ3) is 3.03. The molecule has 0 radical (unpaired) electrons. The van der Waals surface area contributed by atoms with Crippen LogP contribution in [0.25, 0.3) is 0 Å². The van der Waals surface area contributed by atoms with Crippen LogP contribution >= 0.6 is 0 Å². The van der Waals surface area contributed by atoms with Crippen molar-refractivity contribution in [2.24, 2.45) is 0 Å². The number of carbonyl (C=O) groups is 1. The minimum atomic E-state index is -0.850. The van der Waals surface area contributed by atoms with Crippen LogP contribution in [0.4, 0.5) is 14.5 Å². The molecule has 0 atom stereocenters. The van der Waals surface area contributed by atoms with E-state index in [-0.39, 0.29) is 11.4 Å². The van der Waals surface area contributed by atoms with Crippen molar-refractivity contribution in [3.05, 3.63) is 71.9 Å². The molecular formula is C15H11F2N3O2. The van der Waals surface area contributed by atoms with Crippen molar-refractivity contribution in [1.29, 1.82) is 0 Å². The molecule has 0 saturated carbocycles. The Balaban J connectivity index is 1.71. The van der Waals surface area contributed by atoms with E-state index in [4.69, 9.17) is 4.42 Å². The molecule has 0 aliphatic heterocycles. The molecule has 2 aromatic heterocycles. The summed E-state index contributed by atoms with van der Waals surface area (Å²) < 4.78 is 33.3. The van der Waals surface area contributed by atoms with Gasteiger partial charge in [0.1, 0.15) is 17.4 Å². The zero-order valence-corrected chi connectivity index (χ0v) is 11.3. The van der Waals surface area contributed by atoms with Gasteiger partial charge >= 0.3 is 0 Å². The number of nitrogens with zero attached hydrogens (tertiary/aromatic N) is 2. The number of carbonyl (C=O) groups excluding carboxylic acids is 1. The van der Waals surface area contributed by atoms with E-state index in [0.717, 1.165) is 12.1 Å². The molecule has 0 spiro atoms. The summed E-state index contributed by atoms with van der Waals surface area (Å²) in [5.41, 5.74) is -0.114. The minimum absolute atomic E-state index is 0.0332. The van der Waals surface area contributed by atoms with Gasteiger partial charge in [0.15, 0.2) is 5.76 Å². The molecule has 1 amide bonds. The van der Waals surface area contributed by atoms with Crippen LogP contribution < -0.4 is 5.32 Å². The lowest BCUT2D eigenvalue weighted by molar-refractivity contribution is 0.0994. The number of furan rings is 1. The molecule has 112 valence electrons. The Morgan fingerprint density at radius 2 is 2.14 bits per heavy atom. The summed E-state index contributed by atoms with van der Waals surface area (Å²) in [5.74, 6) is -1.61. The van der Waals surface area contributed by atoms with E-state index >= 15 is 0 Å². The van der Waals surface area contributed by atoms with E-state index in [2.05, 4.69) is 10.4 Å². The molecule has 5 nitrogen and oxygen atoms in total. The van der Waals surface area contributed by atoms with Crippen LogP contribution in [0.1, 0.15) is 16.3 Å². The van der Waals surface area contributed by atoms with Crippen LogP contribution in [-0.2, 0) is 6.54 Å². The first kappa shape index (κ1) is 14.0. The summed E-state index contributed by atoms with van der Waals surface area (Å²) in [6, 6.07) is 7.79. The number of aromatic nitrogens is 2. The quantitative estimate of drug-likeness (QED) is 0.806. The van der Waals surface area contributed by atoms with Crippen LogP contribution in [0.15, 0.2) is 53.2 Å². The summed E-state index contributed by atoms with van der Waals surface area (Å²) in [5, 5.41) is 6.35. The highest BCUT2D eigenvalue weighted by molar-refractivity contribution is 6.02. The van der Waals surface area contributed by atoms with Crippen molar-refractivity contribution in [3.63, 3.8) is 0 Å². The van der Waals surface area contributed by atoms with Gasteiger partial charge in [-0.2, -0.15) is 5.10 Å². The molecule has 3 aromatic rings. The SMILES string of the molecule is O=C(Nc1ccc(F)cc1F)c1ccc(Cn2cccn2)o1. The normalized spacial score (nSPS) is 10.6. The third-order valence-electron chi connectivity index (χ3n) is 2.94. The predicted molar refractivity (Wildman–Crippen MR) is 74.3 cm³/mol. The molecule has 22 heavy (non-hydrogen) atoms. The summed E-state index contributed by atoms with van der Waals surface area (Å²) in [4.78, 5) is 12.0. The fourth-order valence-electron chi connectivity index (χ4n) is 1.91. The number of hydrogen-bond acceptors (Lipinski definition) is 3. The van der Waals surface area contributed by atoms with Gasteiger partial charge in [0.05, 0.1) is 12.2 Å². The first-order valence-corrected chi connectivity index (χ1v) is 6.44. The molecule has 0 aliphatic carbocycles. The van der Waals surface area contributed by atoms with E-state index in [1.54, 1.807) is 29.2 Å². The van der Waals surface area contributed by atoms with E-state index in [0.29, 0.717) is 18.4 Å². The van der Waals surface area contributed by atoms with Crippen LogP contribution in [0, 0.1) is 11.6 Å². The number of halogens is 2. The zero-order chi connectivity index (χ0) is 15.5. The second kappa shape index (κ2) is 5.80. The van der Waals surface area contributed by atoms with Gasteiger partial charge in [0.2, 0.25) is 0 Å². The monoisotopic (exact) mass is 303 g/mol. The maximum absolute atomic E-state index is 13.5. The molecule has 0 aliphatic rings. The Morgan fingerprint density at radius 3 is 2.86 bits per heavy atom. The summed E-state index contributed by atoms with van der Waals surface area (Å²) in [7, 11) is 0. The van der Waals surface area contributed by atoms with Gasteiger partial charge in [0.25, 0.3) is 5.91 Å². The number of benzene rings is 1. The van der Waals surface area contributed by atoms with E-state index in [1.165, 1.54) is 6.07 Å². The molecule has 0 saturated heterocycles. The lowest BCUT2D eigenvalue weighted by Crippen LogP contribution is -2.12. The van der Waals surface area contributed by atoms with E-state index in [9.17, 15) is 13.6 Å². The highest BCUT2D eigenvalue weighted by atomic mass is 19.1. The van der Waals surface area contributed by atoms with Crippen LogP contribution in [0.3, 0.4) is 0 Å². The number of rotatable bonds is 4. The lowest BCUT2D eigenvalue weighted by Gasteiger charge is -2.04. The molecule has 1 N–H and O–H groups in total. The molecule has 2 heterocycles. The number of hydrogen-bond donors (Lipinski definition) is 1. The maximum Gasteiger partial charge on any atom is 0.291 e. The Kier molecular flexibility index (Phi) is 3.69. The van der Waals surface area contributed by atoms with E-state index < -0.39 is 17.5 Å². The average molecular weight is 303 g/mol. The largest absolute Gasteiger partial charge is 0.454 e. The fraction of sp³-hybridized carbons (Fsp3) is 0.0667. The smallest absolute Gasteiger partial charge is 0.291 e. The van der Waals surface area contributed by atoms with Crippen molar-refractivity contribution in [2.45, 2.75) is 6.54 Å². The fourth-order valence-corrected chi connectivity index (χ4v) is 1.91. The van der Waals surface area contributed by atoms with Gasteiger partial charge < -0.3 is 9.73 Å². The van der Waals surface area contributed by atoms with Crippen molar-refractivity contribution >= 4 is 11.6 Å². The number of amides is 1. The zero-order valence-electron chi connectivity index (χ0n) is 11.3. The standard InChI is InChI=1S/C15H11F2N3O2/c16-10-2-4-13(12(17)8-10)19-15(21)14-5-3-11(22-14)9-20-7-1-6-18-20/h1-8H,9H2,(H,19,21).